The molecule has 5 rings (SSSR count). The van der Waals surface area contributed by atoms with Crippen LogP contribution in [-0.2, 0) is 17.8 Å². The summed E-state index contributed by atoms with van der Waals surface area (Å²) in [4.78, 5) is 29.8. The van der Waals surface area contributed by atoms with Crippen molar-refractivity contribution in [2.75, 3.05) is 20.2 Å². The maximum Gasteiger partial charge on any atom is 0.337 e. The fourth-order valence-corrected chi connectivity index (χ4v) is 5.02. The maximum atomic E-state index is 11.7. The first-order chi connectivity index (χ1) is 17.1. The van der Waals surface area contributed by atoms with E-state index in [1.807, 2.05) is 42.6 Å². The predicted octanol–water partition coefficient (Wildman–Crippen LogP) is 5.06. The van der Waals surface area contributed by atoms with E-state index < -0.39 is 0 Å². The SMILES string of the molecule is COC(=O)c1ccc(Cn2ccc3c(C4CCN(Cc5ccc(C=O)cc5)CC4)ccnc32)cc1. The van der Waals surface area contributed by atoms with Crippen LogP contribution in [0.3, 0.4) is 0 Å². The third-order valence-electron chi connectivity index (χ3n) is 6.97. The lowest BCUT2D eigenvalue weighted by Gasteiger charge is -2.32. The van der Waals surface area contributed by atoms with Crippen LogP contribution in [0.5, 0.6) is 0 Å². The number of hydrogen-bond acceptors (Lipinski definition) is 5. The van der Waals surface area contributed by atoms with E-state index in [0.717, 1.165) is 55.5 Å². The Morgan fingerprint density at radius 1 is 0.971 bits per heavy atom. The normalized spacial score (nSPS) is 14.8. The highest BCUT2D eigenvalue weighted by molar-refractivity contribution is 5.89. The molecular formula is C29H29N3O3. The molecule has 0 amide bonds. The number of hydrogen-bond donors (Lipinski definition) is 0. The summed E-state index contributed by atoms with van der Waals surface area (Å²) in [5.41, 5.74) is 6.01. The molecule has 0 bridgehead atoms. The number of nitrogens with zero attached hydrogens (tertiary/aromatic N) is 3. The van der Waals surface area contributed by atoms with Crippen LogP contribution in [0.4, 0.5) is 0 Å². The molecule has 1 fully saturated rings. The largest absolute Gasteiger partial charge is 0.465 e. The van der Waals surface area contributed by atoms with E-state index in [1.54, 1.807) is 12.1 Å². The van der Waals surface area contributed by atoms with Crippen molar-refractivity contribution in [2.24, 2.45) is 0 Å². The van der Waals surface area contributed by atoms with E-state index >= 15 is 0 Å². The molecule has 0 atom stereocenters. The average Bonchev–Trinajstić information content (AvgIpc) is 3.32. The number of piperidine rings is 1. The zero-order valence-corrected chi connectivity index (χ0v) is 19.9. The summed E-state index contributed by atoms with van der Waals surface area (Å²) in [6.45, 7) is 3.72. The first-order valence-electron chi connectivity index (χ1n) is 12.0. The molecule has 2 aromatic carbocycles. The van der Waals surface area contributed by atoms with Crippen molar-refractivity contribution in [1.29, 1.82) is 0 Å². The summed E-state index contributed by atoms with van der Waals surface area (Å²) in [7, 11) is 1.39. The van der Waals surface area contributed by atoms with Crippen molar-refractivity contribution >= 4 is 23.3 Å². The van der Waals surface area contributed by atoms with Gasteiger partial charge < -0.3 is 9.30 Å². The maximum absolute atomic E-state index is 11.7. The van der Waals surface area contributed by atoms with E-state index in [0.29, 0.717) is 18.0 Å². The molecule has 178 valence electrons. The van der Waals surface area contributed by atoms with E-state index in [4.69, 9.17) is 9.72 Å². The van der Waals surface area contributed by atoms with Gasteiger partial charge in [-0.15, -0.1) is 0 Å². The Labute approximate surface area is 205 Å². The third-order valence-corrected chi connectivity index (χ3v) is 6.97. The summed E-state index contributed by atoms with van der Waals surface area (Å²) in [5, 5.41) is 1.22. The van der Waals surface area contributed by atoms with Gasteiger partial charge in [-0.1, -0.05) is 36.4 Å². The molecule has 4 aromatic rings. The second-order valence-electron chi connectivity index (χ2n) is 9.18. The van der Waals surface area contributed by atoms with Crippen molar-refractivity contribution in [3.8, 4) is 0 Å². The van der Waals surface area contributed by atoms with Gasteiger partial charge in [-0.25, -0.2) is 9.78 Å². The van der Waals surface area contributed by atoms with E-state index in [2.05, 4.69) is 27.8 Å². The molecule has 0 N–H and O–H groups in total. The molecule has 0 radical (unpaired) electrons. The van der Waals surface area contributed by atoms with Gasteiger partial charge in [0.05, 0.1) is 12.7 Å². The quantitative estimate of drug-likeness (QED) is 0.281. The van der Waals surface area contributed by atoms with Crippen LogP contribution in [0.15, 0.2) is 73.1 Å². The standard InChI is InChI=1S/C29H29N3O3/c1-35-29(34)25-8-6-22(7-9-25)19-32-17-13-27-26(10-14-30-28(27)32)24-11-15-31(16-12-24)18-21-2-4-23(20-33)5-3-21/h2-10,13-14,17,20,24H,11-12,15-16,18-19H2,1H3. The molecule has 0 saturated carbocycles. The number of pyridine rings is 1. The summed E-state index contributed by atoms with van der Waals surface area (Å²) >= 11 is 0. The van der Waals surface area contributed by atoms with E-state index in [1.165, 1.54) is 23.6 Å². The van der Waals surface area contributed by atoms with Gasteiger partial charge in [0.1, 0.15) is 11.9 Å². The minimum Gasteiger partial charge on any atom is -0.465 e. The Morgan fingerprint density at radius 2 is 1.66 bits per heavy atom. The molecule has 0 spiro atoms. The lowest BCUT2D eigenvalue weighted by molar-refractivity contribution is 0.0600. The number of ether oxygens (including phenoxy) is 1. The minimum atomic E-state index is -0.323. The smallest absolute Gasteiger partial charge is 0.337 e. The second kappa shape index (κ2) is 10.2. The molecule has 1 saturated heterocycles. The van der Waals surface area contributed by atoms with Crippen LogP contribution in [0, 0.1) is 0 Å². The van der Waals surface area contributed by atoms with Gasteiger partial charge in [0.2, 0.25) is 0 Å². The minimum absolute atomic E-state index is 0.323. The van der Waals surface area contributed by atoms with Crippen molar-refractivity contribution in [2.45, 2.75) is 31.8 Å². The van der Waals surface area contributed by atoms with Gasteiger partial charge in [-0.3, -0.25) is 9.69 Å². The number of carbonyl (C=O) groups is 2. The van der Waals surface area contributed by atoms with Crippen LogP contribution in [-0.4, -0.2) is 46.9 Å². The molecule has 6 nitrogen and oxygen atoms in total. The molecule has 3 heterocycles. The highest BCUT2D eigenvalue weighted by Gasteiger charge is 2.23. The number of benzene rings is 2. The van der Waals surface area contributed by atoms with E-state index in [-0.39, 0.29) is 5.97 Å². The van der Waals surface area contributed by atoms with Gasteiger partial charge in [0, 0.05) is 36.4 Å². The highest BCUT2D eigenvalue weighted by atomic mass is 16.5. The van der Waals surface area contributed by atoms with Crippen molar-refractivity contribution in [3.63, 3.8) is 0 Å². The zero-order chi connectivity index (χ0) is 24.2. The molecule has 0 aliphatic carbocycles. The molecular weight excluding hydrogens is 438 g/mol. The Morgan fingerprint density at radius 3 is 2.34 bits per heavy atom. The van der Waals surface area contributed by atoms with Gasteiger partial charge >= 0.3 is 5.97 Å². The number of likely N-dealkylation sites (tertiary alicyclic amines) is 1. The van der Waals surface area contributed by atoms with Crippen molar-refractivity contribution < 1.29 is 14.3 Å². The summed E-state index contributed by atoms with van der Waals surface area (Å²) in [6, 6.07) is 19.8. The first-order valence-corrected chi connectivity index (χ1v) is 12.0. The molecule has 2 aromatic heterocycles. The monoisotopic (exact) mass is 467 g/mol. The summed E-state index contributed by atoms with van der Waals surface area (Å²) in [5.74, 6) is 0.195. The Hall–Kier alpha value is -3.77. The number of rotatable bonds is 7. The number of aldehydes is 1. The van der Waals surface area contributed by atoms with Crippen LogP contribution in [0.1, 0.15) is 56.2 Å². The predicted molar refractivity (Wildman–Crippen MR) is 136 cm³/mol. The third kappa shape index (κ3) is 5.03. The highest BCUT2D eigenvalue weighted by Crippen LogP contribution is 2.33. The molecule has 1 aliphatic heterocycles. The first kappa shape index (κ1) is 23.0. The van der Waals surface area contributed by atoms with Gasteiger partial charge in [-0.2, -0.15) is 0 Å². The molecule has 35 heavy (non-hydrogen) atoms. The molecule has 1 aliphatic rings. The van der Waals surface area contributed by atoms with Crippen LogP contribution >= 0.6 is 0 Å². The van der Waals surface area contributed by atoms with Crippen LogP contribution < -0.4 is 0 Å². The number of aromatic nitrogens is 2. The molecule has 0 unspecified atom stereocenters. The zero-order valence-electron chi connectivity index (χ0n) is 19.9. The number of fused-ring (bicyclic) bond motifs is 1. The van der Waals surface area contributed by atoms with Crippen LogP contribution in [0.25, 0.3) is 11.0 Å². The second-order valence-corrected chi connectivity index (χ2v) is 9.18. The Balaban J connectivity index is 1.26. The number of carbonyl (C=O) groups excluding carboxylic acids is 2. The van der Waals surface area contributed by atoms with E-state index in [9.17, 15) is 9.59 Å². The summed E-state index contributed by atoms with van der Waals surface area (Å²) < 4.78 is 6.96. The molecule has 6 heteroatoms. The Bertz CT molecular complexity index is 1320. The fourth-order valence-electron chi connectivity index (χ4n) is 5.02. The fraction of sp³-hybridized carbons (Fsp3) is 0.276. The van der Waals surface area contributed by atoms with Gasteiger partial charge in [-0.05, 0) is 72.8 Å². The topological polar surface area (TPSA) is 64.4 Å². The lowest BCUT2D eigenvalue weighted by Crippen LogP contribution is -2.32. The van der Waals surface area contributed by atoms with Crippen LogP contribution in [0.2, 0.25) is 0 Å². The van der Waals surface area contributed by atoms with Gasteiger partial charge in [0.15, 0.2) is 0 Å². The van der Waals surface area contributed by atoms with Crippen molar-refractivity contribution in [3.05, 3.63) is 101 Å². The Kier molecular flexibility index (Phi) is 6.73. The summed E-state index contributed by atoms with van der Waals surface area (Å²) in [6.07, 6.45) is 7.15. The average molecular weight is 468 g/mol. The number of methoxy groups -OCH3 is 1. The lowest BCUT2D eigenvalue weighted by atomic mass is 9.88. The van der Waals surface area contributed by atoms with Gasteiger partial charge in [0.25, 0.3) is 0 Å². The van der Waals surface area contributed by atoms with Crippen molar-refractivity contribution in [1.82, 2.24) is 14.5 Å². The number of esters is 1.